The van der Waals surface area contributed by atoms with Crippen LogP contribution in [-0.4, -0.2) is 17.0 Å². The van der Waals surface area contributed by atoms with Gasteiger partial charge in [0.1, 0.15) is 11.6 Å². The van der Waals surface area contributed by atoms with Gasteiger partial charge in [-0.25, -0.2) is 0 Å². The van der Waals surface area contributed by atoms with Gasteiger partial charge in [0.05, 0.1) is 0 Å². The highest BCUT2D eigenvalue weighted by atomic mass is 15.1. The molecule has 0 aliphatic carbocycles. The molecule has 0 radical (unpaired) electrons. The predicted octanol–water partition coefficient (Wildman–Crippen LogP) is 2.28. The van der Waals surface area contributed by atoms with Crippen molar-refractivity contribution in [3.05, 3.63) is 41.5 Å². The van der Waals surface area contributed by atoms with E-state index in [1.807, 2.05) is 6.07 Å². The lowest BCUT2D eigenvalue weighted by atomic mass is 10.1. The average molecular weight is 257 g/mol. The summed E-state index contributed by atoms with van der Waals surface area (Å²) in [6.45, 7) is 2.86. The maximum absolute atomic E-state index is 5.64. The van der Waals surface area contributed by atoms with Crippen LogP contribution in [0.4, 0.5) is 17.6 Å². The van der Waals surface area contributed by atoms with Crippen LogP contribution < -0.4 is 16.4 Å². The van der Waals surface area contributed by atoms with E-state index in [1.54, 1.807) is 7.05 Å². The van der Waals surface area contributed by atoms with Crippen LogP contribution in [-0.2, 0) is 13.0 Å². The van der Waals surface area contributed by atoms with Gasteiger partial charge in [0, 0.05) is 19.7 Å². The third-order valence-corrected chi connectivity index (χ3v) is 2.90. The summed E-state index contributed by atoms with van der Waals surface area (Å²) in [5, 5.41) is 6.19. The lowest BCUT2D eigenvalue weighted by molar-refractivity contribution is 1.08. The Labute approximate surface area is 113 Å². The number of benzene rings is 1. The minimum absolute atomic E-state index is 0.260. The molecule has 2 aromatic rings. The molecule has 2 rings (SSSR count). The number of nitrogens with two attached hydrogens (primary N) is 1. The third kappa shape index (κ3) is 3.58. The summed E-state index contributed by atoms with van der Waals surface area (Å²) in [6, 6.07) is 10.4. The molecule has 4 N–H and O–H groups in total. The van der Waals surface area contributed by atoms with E-state index < -0.39 is 0 Å². The summed E-state index contributed by atoms with van der Waals surface area (Å²) in [4.78, 5) is 8.19. The van der Waals surface area contributed by atoms with Crippen molar-refractivity contribution in [3.8, 4) is 0 Å². The van der Waals surface area contributed by atoms with Crippen LogP contribution in [0.1, 0.15) is 18.1 Å². The number of aryl methyl sites for hydroxylation is 1. The van der Waals surface area contributed by atoms with Crippen LogP contribution >= 0.6 is 0 Å². The molecule has 0 fully saturated rings. The number of rotatable bonds is 5. The fourth-order valence-corrected chi connectivity index (χ4v) is 1.77. The van der Waals surface area contributed by atoms with Gasteiger partial charge in [-0.1, -0.05) is 31.2 Å². The van der Waals surface area contributed by atoms with Gasteiger partial charge in [0.25, 0.3) is 0 Å². The third-order valence-electron chi connectivity index (χ3n) is 2.90. The van der Waals surface area contributed by atoms with Crippen LogP contribution in [0.2, 0.25) is 0 Å². The fraction of sp³-hybridized carbons (Fsp3) is 0.286. The molecule has 0 unspecified atom stereocenters. The second-order valence-electron chi connectivity index (χ2n) is 4.27. The molecule has 0 saturated carbocycles. The molecule has 1 aromatic carbocycles. The van der Waals surface area contributed by atoms with Crippen LogP contribution in [0.3, 0.4) is 0 Å². The zero-order valence-corrected chi connectivity index (χ0v) is 11.3. The quantitative estimate of drug-likeness (QED) is 0.766. The maximum atomic E-state index is 5.64. The van der Waals surface area contributed by atoms with Crippen molar-refractivity contribution >= 4 is 17.6 Å². The molecule has 1 aromatic heterocycles. The molecule has 5 nitrogen and oxygen atoms in total. The minimum atomic E-state index is 0.260. The summed E-state index contributed by atoms with van der Waals surface area (Å²) >= 11 is 0. The van der Waals surface area contributed by atoms with E-state index in [-0.39, 0.29) is 5.95 Å². The van der Waals surface area contributed by atoms with Crippen molar-refractivity contribution in [2.75, 3.05) is 23.4 Å². The van der Waals surface area contributed by atoms with Crippen molar-refractivity contribution < 1.29 is 0 Å². The Bertz CT molecular complexity index is 536. The molecule has 0 amide bonds. The zero-order chi connectivity index (χ0) is 13.7. The lowest BCUT2D eigenvalue weighted by Crippen LogP contribution is -2.06. The van der Waals surface area contributed by atoms with Crippen molar-refractivity contribution in [2.45, 2.75) is 19.9 Å². The summed E-state index contributed by atoms with van der Waals surface area (Å²) in [5.41, 5.74) is 8.19. The van der Waals surface area contributed by atoms with Gasteiger partial charge in [-0.3, -0.25) is 0 Å². The number of nitrogens with zero attached hydrogens (tertiary/aromatic N) is 2. The second-order valence-corrected chi connectivity index (χ2v) is 4.27. The van der Waals surface area contributed by atoms with E-state index in [2.05, 4.69) is 51.8 Å². The summed E-state index contributed by atoms with van der Waals surface area (Å²) < 4.78 is 0. The molecule has 0 aliphatic heterocycles. The van der Waals surface area contributed by atoms with Crippen molar-refractivity contribution in [3.63, 3.8) is 0 Å². The smallest absolute Gasteiger partial charge is 0.223 e. The Morgan fingerprint density at radius 1 is 1.05 bits per heavy atom. The average Bonchev–Trinajstić information content (AvgIpc) is 2.45. The van der Waals surface area contributed by atoms with Gasteiger partial charge in [0.2, 0.25) is 5.95 Å². The molecule has 0 spiro atoms. The first-order valence-corrected chi connectivity index (χ1v) is 6.35. The number of aromatic nitrogens is 2. The first-order valence-electron chi connectivity index (χ1n) is 6.35. The first-order chi connectivity index (χ1) is 9.21. The van der Waals surface area contributed by atoms with E-state index in [4.69, 9.17) is 5.73 Å². The lowest BCUT2D eigenvalue weighted by Gasteiger charge is -2.08. The van der Waals surface area contributed by atoms with E-state index >= 15 is 0 Å². The minimum Gasteiger partial charge on any atom is -0.373 e. The van der Waals surface area contributed by atoms with E-state index in [0.29, 0.717) is 12.4 Å². The first kappa shape index (κ1) is 13.1. The van der Waals surface area contributed by atoms with E-state index in [0.717, 1.165) is 12.2 Å². The van der Waals surface area contributed by atoms with Crippen LogP contribution in [0.15, 0.2) is 30.3 Å². The van der Waals surface area contributed by atoms with E-state index in [9.17, 15) is 0 Å². The molecular formula is C14H19N5. The highest BCUT2D eigenvalue weighted by molar-refractivity contribution is 5.50. The maximum Gasteiger partial charge on any atom is 0.223 e. The van der Waals surface area contributed by atoms with Gasteiger partial charge in [0.15, 0.2) is 0 Å². The molecule has 0 saturated heterocycles. The number of hydrogen-bond donors (Lipinski definition) is 3. The molecule has 1 heterocycles. The number of anilines is 3. The Morgan fingerprint density at radius 2 is 1.68 bits per heavy atom. The molecule has 0 bridgehead atoms. The standard InChI is InChI=1S/C14H19N5/c1-3-10-4-6-11(7-5-10)9-17-13-8-12(16-2)18-14(15)19-13/h4-8H,3,9H2,1-2H3,(H4,15,16,17,18,19). The van der Waals surface area contributed by atoms with Gasteiger partial charge in [-0.15, -0.1) is 0 Å². The van der Waals surface area contributed by atoms with Gasteiger partial charge in [-0.05, 0) is 17.5 Å². The molecule has 0 aliphatic rings. The molecule has 100 valence electrons. The van der Waals surface area contributed by atoms with Crippen LogP contribution in [0, 0.1) is 0 Å². The van der Waals surface area contributed by atoms with Crippen molar-refractivity contribution in [1.29, 1.82) is 0 Å². The molecular weight excluding hydrogens is 238 g/mol. The summed E-state index contributed by atoms with van der Waals surface area (Å²) in [6.07, 6.45) is 1.06. The Balaban J connectivity index is 2.03. The summed E-state index contributed by atoms with van der Waals surface area (Å²) in [7, 11) is 1.80. The van der Waals surface area contributed by atoms with Gasteiger partial charge < -0.3 is 16.4 Å². The van der Waals surface area contributed by atoms with Gasteiger partial charge >= 0.3 is 0 Å². The predicted molar refractivity (Wildman–Crippen MR) is 79.1 cm³/mol. The van der Waals surface area contributed by atoms with E-state index in [1.165, 1.54) is 11.1 Å². The van der Waals surface area contributed by atoms with Gasteiger partial charge in [-0.2, -0.15) is 9.97 Å². The summed E-state index contributed by atoms with van der Waals surface area (Å²) in [5.74, 6) is 1.68. The highest BCUT2D eigenvalue weighted by Gasteiger charge is 2.01. The van der Waals surface area contributed by atoms with Crippen molar-refractivity contribution in [2.24, 2.45) is 0 Å². The Kier molecular flexibility index (Phi) is 4.18. The Hall–Kier alpha value is -2.30. The Morgan fingerprint density at radius 3 is 2.32 bits per heavy atom. The normalized spacial score (nSPS) is 10.2. The molecule has 0 atom stereocenters. The number of nitrogen functional groups attached to an aromatic ring is 1. The van der Waals surface area contributed by atoms with Crippen LogP contribution in [0.25, 0.3) is 0 Å². The zero-order valence-electron chi connectivity index (χ0n) is 11.3. The topological polar surface area (TPSA) is 75.9 Å². The SMILES string of the molecule is CCc1ccc(CNc2cc(NC)nc(N)n2)cc1. The second kappa shape index (κ2) is 6.04. The number of nitrogens with one attached hydrogen (secondary N) is 2. The van der Waals surface area contributed by atoms with Crippen molar-refractivity contribution in [1.82, 2.24) is 9.97 Å². The highest BCUT2D eigenvalue weighted by Crippen LogP contribution is 2.13. The van der Waals surface area contributed by atoms with Crippen LogP contribution in [0.5, 0.6) is 0 Å². The monoisotopic (exact) mass is 257 g/mol. The molecule has 5 heteroatoms. The molecule has 19 heavy (non-hydrogen) atoms. The fourth-order valence-electron chi connectivity index (χ4n) is 1.77. The number of hydrogen-bond acceptors (Lipinski definition) is 5. The largest absolute Gasteiger partial charge is 0.373 e.